The van der Waals surface area contributed by atoms with Crippen molar-refractivity contribution >= 4 is 46.4 Å². The number of anilines is 1. The highest BCUT2D eigenvalue weighted by Crippen LogP contribution is 2.33. The number of carbonyl (C=O) groups excluding carboxylic acids is 1. The summed E-state index contributed by atoms with van der Waals surface area (Å²) >= 11 is 17.6. The van der Waals surface area contributed by atoms with E-state index in [1.165, 1.54) is 30.6 Å². The number of carbonyl (C=O) groups is 1. The first-order valence-electron chi connectivity index (χ1n) is 5.12. The molecular weight excluding hydrogens is 311 g/mol. The zero-order chi connectivity index (χ0) is 14.0. The van der Waals surface area contributed by atoms with Crippen molar-refractivity contribution in [2.45, 2.75) is 0 Å². The fourth-order valence-corrected chi connectivity index (χ4v) is 2.35. The Labute approximate surface area is 123 Å². The molecule has 2 N–H and O–H groups in total. The molecule has 0 radical (unpaired) electrons. The first kappa shape index (κ1) is 13.9. The van der Waals surface area contributed by atoms with Gasteiger partial charge in [0.25, 0.3) is 5.91 Å². The molecule has 0 aliphatic heterocycles. The van der Waals surface area contributed by atoms with Gasteiger partial charge in [-0.1, -0.05) is 34.8 Å². The van der Waals surface area contributed by atoms with Crippen LogP contribution in [0.3, 0.4) is 0 Å². The van der Waals surface area contributed by atoms with Crippen LogP contribution in [0.5, 0.6) is 0 Å². The average Bonchev–Trinajstić information content (AvgIpc) is 2.34. The number of pyridine rings is 1. The second-order valence-electron chi connectivity index (χ2n) is 3.62. The molecule has 0 aliphatic carbocycles. The highest BCUT2D eigenvalue weighted by Gasteiger charge is 2.14. The third-order valence-corrected chi connectivity index (χ3v) is 3.13. The molecule has 0 saturated carbocycles. The van der Waals surface area contributed by atoms with Crippen molar-refractivity contribution in [2.75, 3.05) is 5.32 Å². The van der Waals surface area contributed by atoms with Gasteiger partial charge in [-0.05, 0) is 12.1 Å². The van der Waals surface area contributed by atoms with Gasteiger partial charge in [-0.25, -0.2) is 0 Å². The molecule has 0 unspecified atom stereocenters. The van der Waals surface area contributed by atoms with Gasteiger partial charge in [-0.3, -0.25) is 9.59 Å². The van der Waals surface area contributed by atoms with E-state index in [-0.39, 0.29) is 21.3 Å². The van der Waals surface area contributed by atoms with Gasteiger partial charge in [0.2, 0.25) is 0 Å². The van der Waals surface area contributed by atoms with Crippen LogP contribution in [0.25, 0.3) is 0 Å². The number of aromatic amines is 1. The summed E-state index contributed by atoms with van der Waals surface area (Å²) in [5, 5.41) is 3.22. The molecule has 2 aromatic rings. The number of nitrogens with one attached hydrogen (secondary N) is 2. The number of rotatable bonds is 2. The summed E-state index contributed by atoms with van der Waals surface area (Å²) in [5.41, 5.74) is -0.233. The molecule has 0 saturated heterocycles. The van der Waals surface area contributed by atoms with E-state index in [2.05, 4.69) is 10.3 Å². The number of H-pyrrole nitrogens is 1. The maximum Gasteiger partial charge on any atom is 0.261 e. The lowest BCUT2D eigenvalue weighted by Gasteiger charge is -2.09. The predicted octanol–water partition coefficient (Wildman–Crippen LogP) is 3.59. The van der Waals surface area contributed by atoms with E-state index in [9.17, 15) is 9.59 Å². The fraction of sp³-hybridized carbons (Fsp3) is 0. The standard InChI is InChI=1S/C12H7Cl3N2O2/c13-6-3-8(14)11(9(15)4-6)17-12(19)7-5-16-2-1-10(7)18/h1-5H,(H,16,18)(H,17,19). The number of amides is 1. The summed E-state index contributed by atoms with van der Waals surface area (Å²) in [6.07, 6.45) is 2.73. The minimum absolute atomic E-state index is 0.0374. The van der Waals surface area contributed by atoms with Crippen molar-refractivity contribution in [3.05, 3.63) is 61.4 Å². The molecule has 0 spiro atoms. The first-order valence-corrected chi connectivity index (χ1v) is 6.25. The summed E-state index contributed by atoms with van der Waals surface area (Å²) in [6, 6.07) is 4.14. The Morgan fingerprint density at radius 1 is 1.16 bits per heavy atom. The minimum Gasteiger partial charge on any atom is -0.367 e. The van der Waals surface area contributed by atoms with Gasteiger partial charge in [0, 0.05) is 23.5 Å². The van der Waals surface area contributed by atoms with Gasteiger partial charge >= 0.3 is 0 Å². The van der Waals surface area contributed by atoms with Crippen LogP contribution in [0.15, 0.2) is 35.4 Å². The maximum absolute atomic E-state index is 11.9. The van der Waals surface area contributed by atoms with E-state index in [1.54, 1.807) is 0 Å². The minimum atomic E-state index is -0.604. The number of hydrogen-bond acceptors (Lipinski definition) is 2. The Morgan fingerprint density at radius 2 is 1.79 bits per heavy atom. The van der Waals surface area contributed by atoms with Crippen molar-refractivity contribution in [1.29, 1.82) is 0 Å². The van der Waals surface area contributed by atoms with Gasteiger partial charge < -0.3 is 10.3 Å². The third-order valence-electron chi connectivity index (χ3n) is 2.31. The van der Waals surface area contributed by atoms with E-state index in [4.69, 9.17) is 34.8 Å². The van der Waals surface area contributed by atoms with Crippen LogP contribution < -0.4 is 10.7 Å². The van der Waals surface area contributed by atoms with Gasteiger partial charge in [0.05, 0.1) is 15.7 Å². The molecule has 1 aromatic heterocycles. The van der Waals surface area contributed by atoms with E-state index in [1.807, 2.05) is 0 Å². The lowest BCUT2D eigenvalue weighted by atomic mass is 10.2. The Balaban J connectivity index is 2.35. The molecule has 1 amide bonds. The first-order chi connectivity index (χ1) is 8.99. The highest BCUT2D eigenvalue weighted by molar-refractivity contribution is 6.42. The zero-order valence-corrected chi connectivity index (χ0v) is 11.6. The molecule has 0 atom stereocenters. The zero-order valence-electron chi connectivity index (χ0n) is 9.34. The lowest BCUT2D eigenvalue weighted by molar-refractivity contribution is 0.102. The molecule has 4 nitrogen and oxygen atoms in total. The third kappa shape index (κ3) is 3.10. The largest absolute Gasteiger partial charge is 0.367 e. The Kier molecular flexibility index (Phi) is 4.14. The normalized spacial score (nSPS) is 10.3. The van der Waals surface area contributed by atoms with Crippen molar-refractivity contribution < 1.29 is 4.79 Å². The number of halogens is 3. The number of aromatic nitrogens is 1. The number of hydrogen-bond donors (Lipinski definition) is 2. The summed E-state index contributed by atoms with van der Waals surface area (Å²) in [5.74, 6) is -0.604. The van der Waals surface area contributed by atoms with Crippen molar-refractivity contribution in [1.82, 2.24) is 4.98 Å². The van der Waals surface area contributed by atoms with Crippen LogP contribution in [-0.2, 0) is 0 Å². The smallest absolute Gasteiger partial charge is 0.261 e. The lowest BCUT2D eigenvalue weighted by Crippen LogP contribution is -2.21. The van der Waals surface area contributed by atoms with Gasteiger partial charge in [0.1, 0.15) is 5.56 Å². The van der Waals surface area contributed by atoms with Gasteiger partial charge in [0.15, 0.2) is 5.43 Å². The number of benzene rings is 1. The molecular formula is C12H7Cl3N2O2. The molecule has 98 valence electrons. The molecule has 1 aromatic carbocycles. The molecule has 1 heterocycles. The van der Waals surface area contributed by atoms with Crippen LogP contribution in [0.2, 0.25) is 15.1 Å². The molecule has 7 heteroatoms. The summed E-state index contributed by atoms with van der Waals surface area (Å²) in [4.78, 5) is 26.1. The monoisotopic (exact) mass is 316 g/mol. The topological polar surface area (TPSA) is 62.0 Å². The molecule has 19 heavy (non-hydrogen) atoms. The highest BCUT2D eigenvalue weighted by atomic mass is 35.5. The van der Waals surface area contributed by atoms with Gasteiger partial charge in [-0.2, -0.15) is 0 Å². The van der Waals surface area contributed by atoms with Gasteiger partial charge in [-0.15, -0.1) is 0 Å². The average molecular weight is 318 g/mol. The summed E-state index contributed by atoms with van der Waals surface area (Å²) < 4.78 is 0. The van der Waals surface area contributed by atoms with Crippen molar-refractivity contribution in [2.24, 2.45) is 0 Å². The predicted molar refractivity (Wildman–Crippen MR) is 76.5 cm³/mol. The molecule has 2 rings (SSSR count). The maximum atomic E-state index is 11.9. The Bertz CT molecular complexity index is 674. The Morgan fingerprint density at radius 3 is 2.37 bits per heavy atom. The second kappa shape index (κ2) is 5.65. The van der Waals surface area contributed by atoms with E-state index >= 15 is 0 Å². The van der Waals surface area contributed by atoms with E-state index in [0.717, 1.165) is 0 Å². The SMILES string of the molecule is O=C(Nc1c(Cl)cc(Cl)cc1Cl)c1c[nH]ccc1=O. The van der Waals surface area contributed by atoms with Crippen molar-refractivity contribution in [3.8, 4) is 0 Å². The van der Waals surface area contributed by atoms with Crippen LogP contribution in [0, 0.1) is 0 Å². The quantitative estimate of drug-likeness (QED) is 0.889. The van der Waals surface area contributed by atoms with Crippen LogP contribution in [0.4, 0.5) is 5.69 Å². The fourth-order valence-electron chi connectivity index (χ4n) is 1.44. The van der Waals surface area contributed by atoms with E-state index in [0.29, 0.717) is 5.02 Å². The summed E-state index contributed by atoms with van der Waals surface area (Å²) in [6.45, 7) is 0. The molecule has 0 fully saturated rings. The van der Waals surface area contributed by atoms with Crippen LogP contribution >= 0.6 is 34.8 Å². The van der Waals surface area contributed by atoms with Crippen molar-refractivity contribution in [3.63, 3.8) is 0 Å². The second-order valence-corrected chi connectivity index (χ2v) is 4.87. The van der Waals surface area contributed by atoms with Crippen LogP contribution in [0.1, 0.15) is 10.4 Å². The molecule has 0 bridgehead atoms. The van der Waals surface area contributed by atoms with E-state index < -0.39 is 11.3 Å². The Hall–Kier alpha value is -1.49. The molecule has 0 aliphatic rings. The summed E-state index contributed by atoms with van der Waals surface area (Å²) in [7, 11) is 0. The van der Waals surface area contributed by atoms with Crippen LogP contribution in [-0.4, -0.2) is 10.9 Å².